The maximum atomic E-state index is 3.00. The van der Waals surface area contributed by atoms with E-state index in [9.17, 15) is 0 Å². The van der Waals surface area contributed by atoms with Crippen molar-refractivity contribution >= 4 is 12.4 Å². The van der Waals surface area contributed by atoms with Crippen LogP contribution in [0.3, 0.4) is 0 Å². The molecule has 0 aliphatic carbocycles. The summed E-state index contributed by atoms with van der Waals surface area (Å²) in [4.78, 5) is 0. The van der Waals surface area contributed by atoms with Crippen molar-refractivity contribution in [3.63, 3.8) is 0 Å². The van der Waals surface area contributed by atoms with Crippen LogP contribution in [0.4, 0.5) is 0 Å². The molecule has 6 N–H and O–H groups in total. The van der Waals surface area contributed by atoms with E-state index >= 15 is 0 Å². The summed E-state index contributed by atoms with van der Waals surface area (Å²) in [5.74, 6) is 0. The van der Waals surface area contributed by atoms with Crippen molar-refractivity contribution in [2.75, 3.05) is 0 Å². The Morgan fingerprint density at radius 1 is 0.444 bits per heavy atom. The quantitative estimate of drug-likeness (QED) is 0.527. The fraction of sp³-hybridized carbons (Fsp3) is 0. The standard InChI is InChI=1S/3C2H4.ClH.2H3N/c3*1-2;;;/h3*1-2H2;1H;2*1H3. The first-order valence-corrected chi connectivity index (χ1v) is 1.50. The molecule has 0 aliphatic heterocycles. The molecule has 9 heavy (non-hydrogen) atoms. The van der Waals surface area contributed by atoms with Gasteiger partial charge in [-0.15, -0.1) is 51.9 Å². The summed E-state index contributed by atoms with van der Waals surface area (Å²) in [7, 11) is 0. The maximum absolute atomic E-state index is 3.00. The minimum absolute atomic E-state index is 0. The predicted octanol–water partition coefficient (Wildman–Crippen LogP) is 3.15. The zero-order chi connectivity index (χ0) is 6.00. The van der Waals surface area contributed by atoms with Crippen LogP contribution in [-0.4, -0.2) is 0 Å². The molecule has 0 amide bonds. The Morgan fingerprint density at radius 2 is 0.444 bits per heavy atom. The van der Waals surface area contributed by atoms with Gasteiger partial charge in [0.2, 0.25) is 0 Å². The molecule has 0 aromatic rings. The topological polar surface area (TPSA) is 70.0 Å². The van der Waals surface area contributed by atoms with Crippen LogP contribution < -0.4 is 12.3 Å². The van der Waals surface area contributed by atoms with Crippen molar-refractivity contribution in [3.05, 3.63) is 39.5 Å². The average Bonchev–Trinajstić information content (AvgIpc) is 1.81. The predicted molar refractivity (Wildman–Crippen MR) is 51.1 cm³/mol. The van der Waals surface area contributed by atoms with Gasteiger partial charge in [-0.3, -0.25) is 0 Å². The Labute approximate surface area is 64.9 Å². The van der Waals surface area contributed by atoms with E-state index in [0.29, 0.717) is 0 Å². The monoisotopic (exact) mass is 154 g/mol. The van der Waals surface area contributed by atoms with Gasteiger partial charge in [-0.25, -0.2) is 0 Å². The summed E-state index contributed by atoms with van der Waals surface area (Å²) in [5, 5.41) is 0. The Hall–Kier alpha value is -0.570. The second kappa shape index (κ2) is 945. The van der Waals surface area contributed by atoms with Gasteiger partial charge in [-0.1, -0.05) is 0 Å². The van der Waals surface area contributed by atoms with E-state index in [1.807, 2.05) is 0 Å². The minimum Gasteiger partial charge on any atom is -0.344 e. The van der Waals surface area contributed by atoms with Crippen molar-refractivity contribution in [2.24, 2.45) is 0 Å². The van der Waals surface area contributed by atoms with E-state index in [0.717, 1.165) is 0 Å². The lowest BCUT2D eigenvalue weighted by Gasteiger charge is -0.813. The van der Waals surface area contributed by atoms with E-state index in [-0.39, 0.29) is 24.7 Å². The molecule has 0 atom stereocenters. The minimum atomic E-state index is 0. The van der Waals surface area contributed by atoms with Gasteiger partial charge < -0.3 is 12.3 Å². The summed E-state index contributed by atoms with van der Waals surface area (Å²) >= 11 is 0. The molecule has 0 heterocycles. The highest BCUT2D eigenvalue weighted by Gasteiger charge is 0.605. The Morgan fingerprint density at radius 3 is 0.444 bits per heavy atom. The molecule has 0 saturated heterocycles. The van der Waals surface area contributed by atoms with Gasteiger partial charge in [-0.05, 0) is 0 Å². The fourth-order valence-electron chi connectivity index (χ4n) is 0. The van der Waals surface area contributed by atoms with Crippen LogP contribution in [-0.2, 0) is 0 Å². The summed E-state index contributed by atoms with van der Waals surface area (Å²) in [5.41, 5.74) is 0. The summed E-state index contributed by atoms with van der Waals surface area (Å²) in [6, 6.07) is 0. The fourth-order valence-corrected chi connectivity index (χ4v) is 0. The van der Waals surface area contributed by atoms with Crippen LogP contribution in [0.25, 0.3) is 0 Å². The number of hydrogen-bond donors (Lipinski definition) is 2. The zero-order valence-electron chi connectivity index (χ0n) is 6.07. The van der Waals surface area contributed by atoms with Gasteiger partial charge in [0, 0.05) is 0 Å². The lowest BCUT2D eigenvalue weighted by atomic mass is 11.3. The van der Waals surface area contributed by atoms with Gasteiger partial charge in [0.15, 0.2) is 0 Å². The highest BCUT2D eigenvalue weighted by atomic mass is 35.5. The summed E-state index contributed by atoms with van der Waals surface area (Å²) in [6.07, 6.45) is 0. The molecule has 60 valence electrons. The van der Waals surface area contributed by atoms with Gasteiger partial charge in [0.25, 0.3) is 0 Å². The molecule has 0 spiro atoms. The lowest BCUT2D eigenvalue weighted by molar-refractivity contribution is 2.13. The molecule has 0 aliphatic rings. The molecule has 2 nitrogen and oxygen atoms in total. The molecular formula is C6H19ClN2. The smallest absolute Gasteiger partial charge is 0.106 e. The van der Waals surface area contributed by atoms with E-state index in [2.05, 4.69) is 39.5 Å². The van der Waals surface area contributed by atoms with Gasteiger partial charge >= 0.3 is 0 Å². The molecular weight excluding hydrogens is 136 g/mol. The van der Waals surface area contributed by atoms with E-state index in [1.54, 1.807) is 0 Å². The molecule has 0 saturated carbocycles. The van der Waals surface area contributed by atoms with Crippen molar-refractivity contribution in [2.45, 2.75) is 0 Å². The SMILES string of the molecule is C=C.C=C.C=C.Cl.N.N. The van der Waals surface area contributed by atoms with Crippen molar-refractivity contribution in [1.82, 2.24) is 12.3 Å². The normalized spacial score (nSPS) is 1.33. The van der Waals surface area contributed by atoms with Crippen molar-refractivity contribution in [3.8, 4) is 0 Å². The molecule has 0 bridgehead atoms. The molecule has 0 aromatic heterocycles. The lowest BCUT2D eigenvalue weighted by Crippen LogP contribution is -0.552. The van der Waals surface area contributed by atoms with Crippen LogP contribution in [0.15, 0.2) is 39.5 Å². The molecule has 0 aromatic carbocycles. The molecule has 0 unspecified atom stereocenters. The molecule has 0 radical (unpaired) electrons. The van der Waals surface area contributed by atoms with Crippen LogP contribution in [0.2, 0.25) is 0 Å². The number of halogens is 1. The number of rotatable bonds is 0. The van der Waals surface area contributed by atoms with Gasteiger partial charge in [0.05, 0.1) is 0 Å². The largest absolute Gasteiger partial charge is 0.344 e. The third kappa shape index (κ3) is 674. The first-order chi connectivity index (χ1) is 3.00. The second-order valence-corrected chi connectivity index (χ2v) is 0. The molecule has 0 rings (SSSR count). The van der Waals surface area contributed by atoms with E-state index in [4.69, 9.17) is 0 Å². The third-order valence-corrected chi connectivity index (χ3v) is 0. The highest BCUT2D eigenvalue weighted by Crippen LogP contribution is 0.866. The Balaban J connectivity index is -0.00000000321. The van der Waals surface area contributed by atoms with Crippen LogP contribution in [0, 0.1) is 0 Å². The molecule has 0 fully saturated rings. The highest BCUT2D eigenvalue weighted by molar-refractivity contribution is 5.85. The second-order valence-electron chi connectivity index (χ2n) is 0. The van der Waals surface area contributed by atoms with Gasteiger partial charge in [-0.2, -0.15) is 0 Å². The van der Waals surface area contributed by atoms with Crippen molar-refractivity contribution < 1.29 is 0 Å². The van der Waals surface area contributed by atoms with Crippen LogP contribution in [0.5, 0.6) is 0 Å². The number of hydrogen-bond acceptors (Lipinski definition) is 2. The zero-order valence-corrected chi connectivity index (χ0v) is 6.88. The first-order valence-electron chi connectivity index (χ1n) is 1.50. The summed E-state index contributed by atoms with van der Waals surface area (Å²) < 4.78 is 0. The molecule has 3 heteroatoms. The van der Waals surface area contributed by atoms with Gasteiger partial charge in [0.1, 0.15) is 0 Å². The Bertz CT molecular complexity index is 15.8. The van der Waals surface area contributed by atoms with E-state index < -0.39 is 0 Å². The average molecular weight is 155 g/mol. The Kier molecular flexibility index (Phi) is 8280. The maximum Gasteiger partial charge on any atom is -0.106 e. The van der Waals surface area contributed by atoms with Crippen LogP contribution >= 0.6 is 12.4 Å². The van der Waals surface area contributed by atoms with Crippen molar-refractivity contribution in [1.29, 1.82) is 0 Å². The van der Waals surface area contributed by atoms with E-state index in [1.165, 1.54) is 0 Å². The van der Waals surface area contributed by atoms with Crippen LogP contribution in [0.1, 0.15) is 0 Å². The third-order valence-electron chi connectivity index (χ3n) is 0. The summed E-state index contributed by atoms with van der Waals surface area (Å²) in [6.45, 7) is 18.0. The first kappa shape index (κ1) is 78.8.